The SMILES string of the molecule is O=C(O)CCC(O)CNC(=O)OCc1ccccc1. The molecule has 6 heteroatoms. The van der Waals surface area contributed by atoms with Gasteiger partial charge >= 0.3 is 12.1 Å². The second kappa shape index (κ2) is 8.10. The molecule has 0 radical (unpaired) electrons. The molecule has 0 fully saturated rings. The van der Waals surface area contributed by atoms with Crippen LogP contribution in [0.5, 0.6) is 0 Å². The summed E-state index contributed by atoms with van der Waals surface area (Å²) >= 11 is 0. The third kappa shape index (κ3) is 7.05. The average molecular weight is 267 g/mol. The number of carboxylic acids is 1. The van der Waals surface area contributed by atoms with Crippen molar-refractivity contribution in [2.75, 3.05) is 6.54 Å². The number of carbonyl (C=O) groups excluding carboxylic acids is 1. The highest BCUT2D eigenvalue weighted by molar-refractivity contribution is 5.67. The maximum absolute atomic E-state index is 11.3. The van der Waals surface area contributed by atoms with Crippen LogP contribution in [0.15, 0.2) is 30.3 Å². The van der Waals surface area contributed by atoms with Crippen LogP contribution < -0.4 is 5.32 Å². The molecule has 3 N–H and O–H groups in total. The van der Waals surface area contributed by atoms with E-state index in [0.29, 0.717) is 0 Å². The van der Waals surface area contributed by atoms with Gasteiger partial charge in [0.05, 0.1) is 6.10 Å². The lowest BCUT2D eigenvalue weighted by atomic mass is 10.2. The Morgan fingerprint density at radius 3 is 2.58 bits per heavy atom. The van der Waals surface area contributed by atoms with Crippen LogP contribution in [0.4, 0.5) is 4.79 Å². The van der Waals surface area contributed by atoms with Gasteiger partial charge in [0.1, 0.15) is 6.61 Å². The summed E-state index contributed by atoms with van der Waals surface area (Å²) < 4.78 is 4.93. The molecule has 1 aromatic rings. The Morgan fingerprint density at radius 2 is 1.95 bits per heavy atom. The van der Waals surface area contributed by atoms with Crippen molar-refractivity contribution in [2.24, 2.45) is 0 Å². The molecule has 0 heterocycles. The van der Waals surface area contributed by atoms with Gasteiger partial charge in [-0.25, -0.2) is 4.79 Å². The first kappa shape index (κ1) is 15.0. The summed E-state index contributed by atoms with van der Waals surface area (Å²) in [5.41, 5.74) is 0.865. The monoisotopic (exact) mass is 267 g/mol. The molecular weight excluding hydrogens is 250 g/mol. The number of aliphatic hydroxyl groups is 1. The lowest BCUT2D eigenvalue weighted by molar-refractivity contribution is -0.137. The zero-order valence-electron chi connectivity index (χ0n) is 10.4. The van der Waals surface area contributed by atoms with Crippen LogP contribution in [0.3, 0.4) is 0 Å². The van der Waals surface area contributed by atoms with Gasteiger partial charge < -0.3 is 20.3 Å². The molecule has 0 bridgehead atoms. The first-order valence-electron chi connectivity index (χ1n) is 5.92. The Bertz CT molecular complexity index is 407. The molecule has 6 nitrogen and oxygen atoms in total. The molecule has 0 saturated carbocycles. The summed E-state index contributed by atoms with van der Waals surface area (Å²) in [5, 5.41) is 20.2. The van der Waals surface area contributed by atoms with E-state index in [2.05, 4.69) is 5.32 Å². The number of nitrogens with one attached hydrogen (secondary N) is 1. The highest BCUT2D eigenvalue weighted by atomic mass is 16.5. The summed E-state index contributed by atoms with van der Waals surface area (Å²) in [7, 11) is 0. The number of aliphatic hydroxyl groups excluding tert-OH is 1. The Morgan fingerprint density at radius 1 is 1.26 bits per heavy atom. The number of alkyl carbamates (subject to hydrolysis) is 1. The molecule has 1 rings (SSSR count). The van der Waals surface area contributed by atoms with Gasteiger partial charge in [-0.15, -0.1) is 0 Å². The molecule has 0 saturated heterocycles. The maximum atomic E-state index is 11.3. The molecule has 0 aliphatic rings. The van der Waals surface area contributed by atoms with Crippen LogP contribution in [0.25, 0.3) is 0 Å². The van der Waals surface area contributed by atoms with Gasteiger partial charge in [-0.2, -0.15) is 0 Å². The third-order valence-electron chi connectivity index (χ3n) is 2.39. The fraction of sp³-hybridized carbons (Fsp3) is 0.385. The molecule has 0 aliphatic heterocycles. The molecule has 0 spiro atoms. The summed E-state index contributed by atoms with van der Waals surface area (Å²) in [5.74, 6) is -0.981. The number of carbonyl (C=O) groups is 2. The number of ether oxygens (including phenoxy) is 1. The van der Waals surface area contributed by atoms with Gasteiger partial charge in [0.25, 0.3) is 0 Å². The zero-order valence-corrected chi connectivity index (χ0v) is 10.4. The quantitative estimate of drug-likeness (QED) is 0.688. The van der Waals surface area contributed by atoms with Gasteiger partial charge in [0, 0.05) is 13.0 Å². The normalized spacial score (nSPS) is 11.6. The molecule has 1 amide bonds. The minimum absolute atomic E-state index is 0.0269. The van der Waals surface area contributed by atoms with Gasteiger partial charge in [-0.3, -0.25) is 4.79 Å². The minimum atomic E-state index is -0.981. The van der Waals surface area contributed by atoms with Gasteiger partial charge in [-0.1, -0.05) is 30.3 Å². The fourth-order valence-corrected chi connectivity index (χ4v) is 1.37. The van der Waals surface area contributed by atoms with Crippen molar-refractivity contribution < 1.29 is 24.5 Å². The number of amides is 1. The van der Waals surface area contributed by atoms with Gasteiger partial charge in [-0.05, 0) is 12.0 Å². The van der Waals surface area contributed by atoms with Crippen molar-refractivity contribution in [2.45, 2.75) is 25.6 Å². The van der Waals surface area contributed by atoms with Gasteiger partial charge in [0.2, 0.25) is 0 Å². The fourth-order valence-electron chi connectivity index (χ4n) is 1.37. The van der Waals surface area contributed by atoms with Crippen LogP contribution in [-0.2, 0) is 16.1 Å². The van der Waals surface area contributed by atoms with E-state index in [9.17, 15) is 14.7 Å². The van der Waals surface area contributed by atoms with Crippen molar-refractivity contribution >= 4 is 12.1 Å². The molecule has 0 aliphatic carbocycles. The van der Waals surface area contributed by atoms with Crippen LogP contribution in [0, 0.1) is 0 Å². The lowest BCUT2D eigenvalue weighted by Crippen LogP contribution is -2.32. The Labute approximate surface area is 111 Å². The van der Waals surface area contributed by atoms with E-state index in [-0.39, 0.29) is 26.0 Å². The summed E-state index contributed by atoms with van der Waals surface area (Å²) in [6.07, 6.45) is -1.57. The largest absolute Gasteiger partial charge is 0.481 e. The van der Waals surface area contributed by atoms with Gasteiger partial charge in [0.15, 0.2) is 0 Å². The second-order valence-corrected chi connectivity index (χ2v) is 4.03. The van der Waals surface area contributed by atoms with Crippen molar-refractivity contribution in [1.82, 2.24) is 5.32 Å². The van der Waals surface area contributed by atoms with Crippen LogP contribution in [-0.4, -0.2) is 34.9 Å². The number of rotatable bonds is 7. The molecule has 104 valence electrons. The lowest BCUT2D eigenvalue weighted by Gasteiger charge is -2.11. The van der Waals surface area contributed by atoms with E-state index in [1.54, 1.807) is 0 Å². The van der Waals surface area contributed by atoms with Crippen LogP contribution in [0.1, 0.15) is 18.4 Å². The second-order valence-electron chi connectivity index (χ2n) is 4.03. The average Bonchev–Trinajstić information content (AvgIpc) is 2.41. The summed E-state index contributed by atoms with van der Waals surface area (Å²) in [6, 6.07) is 9.20. The predicted octanol–water partition coefficient (Wildman–Crippen LogP) is 1.14. The van der Waals surface area contributed by atoms with Crippen molar-refractivity contribution in [3.05, 3.63) is 35.9 Å². The molecule has 1 aromatic carbocycles. The van der Waals surface area contributed by atoms with Crippen LogP contribution in [0.2, 0.25) is 0 Å². The zero-order chi connectivity index (χ0) is 14.1. The molecule has 19 heavy (non-hydrogen) atoms. The summed E-state index contributed by atoms with van der Waals surface area (Å²) in [4.78, 5) is 21.6. The van der Waals surface area contributed by atoms with E-state index in [1.807, 2.05) is 30.3 Å². The van der Waals surface area contributed by atoms with Crippen LogP contribution >= 0.6 is 0 Å². The number of hydrogen-bond acceptors (Lipinski definition) is 4. The summed E-state index contributed by atoms with van der Waals surface area (Å²) in [6.45, 7) is 0.124. The highest BCUT2D eigenvalue weighted by Crippen LogP contribution is 2.01. The van der Waals surface area contributed by atoms with E-state index in [4.69, 9.17) is 9.84 Å². The first-order valence-corrected chi connectivity index (χ1v) is 5.92. The topological polar surface area (TPSA) is 95.9 Å². The Hall–Kier alpha value is -2.08. The molecule has 1 unspecified atom stereocenters. The molecule has 0 aromatic heterocycles. The van der Waals surface area contributed by atoms with E-state index >= 15 is 0 Å². The van der Waals surface area contributed by atoms with E-state index < -0.39 is 18.2 Å². The molecular formula is C13H17NO5. The molecule has 1 atom stereocenters. The maximum Gasteiger partial charge on any atom is 0.407 e. The first-order chi connectivity index (χ1) is 9.08. The smallest absolute Gasteiger partial charge is 0.407 e. The number of aliphatic carboxylic acids is 1. The van der Waals surface area contributed by atoms with E-state index in [1.165, 1.54) is 0 Å². The van der Waals surface area contributed by atoms with Crippen molar-refractivity contribution in [1.29, 1.82) is 0 Å². The van der Waals surface area contributed by atoms with Crippen molar-refractivity contribution in [3.63, 3.8) is 0 Å². The number of benzene rings is 1. The Kier molecular flexibility index (Phi) is 6.38. The minimum Gasteiger partial charge on any atom is -0.481 e. The highest BCUT2D eigenvalue weighted by Gasteiger charge is 2.09. The predicted molar refractivity (Wildman–Crippen MR) is 67.5 cm³/mol. The number of carboxylic acid groups (broad SMARTS) is 1. The van der Waals surface area contributed by atoms with Crippen molar-refractivity contribution in [3.8, 4) is 0 Å². The Balaban J connectivity index is 2.16. The standard InChI is InChI=1S/C13H17NO5/c15-11(6-7-12(16)17)8-14-13(18)19-9-10-4-2-1-3-5-10/h1-5,11,15H,6-9H2,(H,14,18)(H,16,17). The third-order valence-corrected chi connectivity index (χ3v) is 2.39. The van der Waals surface area contributed by atoms with E-state index in [0.717, 1.165) is 5.56 Å². The number of hydrogen-bond donors (Lipinski definition) is 3.